The van der Waals surface area contributed by atoms with Crippen LogP contribution in [0.1, 0.15) is 45.4 Å². The zero-order chi connectivity index (χ0) is 20.1. The van der Waals surface area contributed by atoms with Crippen molar-refractivity contribution >= 4 is 34.7 Å². The van der Waals surface area contributed by atoms with E-state index >= 15 is 0 Å². The van der Waals surface area contributed by atoms with Gasteiger partial charge in [0.05, 0.1) is 6.42 Å². The van der Waals surface area contributed by atoms with Gasteiger partial charge in [-0.3, -0.25) is 14.4 Å². The zero-order valence-corrected chi connectivity index (χ0v) is 16.5. The molecule has 1 N–H and O–H groups in total. The average molecular weight is 391 g/mol. The summed E-state index contributed by atoms with van der Waals surface area (Å²) in [7, 11) is 0. The molecule has 7 heteroatoms. The molecule has 0 radical (unpaired) electrons. The van der Waals surface area contributed by atoms with Crippen LogP contribution >= 0.6 is 11.3 Å². The summed E-state index contributed by atoms with van der Waals surface area (Å²) in [6.45, 7) is 6.82. The number of nitrogens with one attached hydrogen (secondary N) is 1. The summed E-state index contributed by atoms with van der Waals surface area (Å²) in [6.07, 6.45) is -1.14. The molecule has 1 aromatic heterocycles. The number of halogens is 1. The smallest absolute Gasteiger partial charge is 0.307 e. The quantitative estimate of drug-likeness (QED) is 0.563. The number of aryl methyl sites for hydroxylation is 3. The van der Waals surface area contributed by atoms with Crippen LogP contribution in [0.4, 0.5) is 10.1 Å². The lowest BCUT2D eigenvalue weighted by atomic mass is 10.1. The molecule has 0 aliphatic carbocycles. The van der Waals surface area contributed by atoms with Gasteiger partial charge in [-0.15, -0.1) is 11.3 Å². The molecular formula is C20H22FNO4S. The molecule has 1 aromatic carbocycles. The monoisotopic (exact) mass is 391 g/mol. The van der Waals surface area contributed by atoms with Gasteiger partial charge in [-0.05, 0) is 51.5 Å². The summed E-state index contributed by atoms with van der Waals surface area (Å²) in [6, 6.07) is 6.12. The molecule has 1 heterocycles. The minimum absolute atomic E-state index is 0.0212. The molecule has 0 unspecified atom stereocenters. The van der Waals surface area contributed by atoms with Crippen LogP contribution in [-0.2, 0) is 14.3 Å². The van der Waals surface area contributed by atoms with E-state index in [1.54, 1.807) is 19.1 Å². The third kappa shape index (κ3) is 5.72. The van der Waals surface area contributed by atoms with Gasteiger partial charge in [0.2, 0.25) is 0 Å². The number of carbonyl (C=O) groups excluding carboxylic acids is 3. The van der Waals surface area contributed by atoms with Crippen molar-refractivity contribution in [1.29, 1.82) is 0 Å². The van der Waals surface area contributed by atoms with Crippen LogP contribution in [0.5, 0.6) is 0 Å². The molecule has 0 saturated heterocycles. The lowest BCUT2D eigenvalue weighted by Crippen LogP contribution is -2.30. The van der Waals surface area contributed by atoms with E-state index in [2.05, 4.69) is 5.32 Å². The number of benzene rings is 1. The third-order valence-electron chi connectivity index (χ3n) is 4.01. The molecule has 0 fully saturated rings. The van der Waals surface area contributed by atoms with E-state index in [1.165, 1.54) is 24.3 Å². The lowest BCUT2D eigenvalue weighted by Gasteiger charge is -2.13. The molecule has 5 nitrogen and oxygen atoms in total. The second kappa shape index (κ2) is 8.90. The molecule has 0 aliphatic heterocycles. The minimum atomic E-state index is -1.05. The lowest BCUT2D eigenvalue weighted by molar-refractivity contribution is -0.153. The number of hydrogen-bond acceptors (Lipinski definition) is 5. The van der Waals surface area contributed by atoms with Crippen LogP contribution in [0.15, 0.2) is 24.3 Å². The molecule has 2 aromatic rings. The van der Waals surface area contributed by atoms with Crippen LogP contribution in [0.25, 0.3) is 0 Å². The molecule has 0 spiro atoms. The standard InChI is InChI=1S/C20H22FNO4S/c1-11-5-6-15(10-17(11)21)22-20(25)13(3)26-19(24)8-7-18(23)16-9-12(2)27-14(16)4/h5-6,9-10,13H,7-8H2,1-4H3,(H,22,25)/t13-/m1/s1. The first-order valence-corrected chi connectivity index (χ1v) is 9.35. The summed E-state index contributed by atoms with van der Waals surface area (Å²) < 4.78 is 18.6. The van der Waals surface area contributed by atoms with Crippen molar-refractivity contribution in [3.63, 3.8) is 0 Å². The van der Waals surface area contributed by atoms with Crippen molar-refractivity contribution in [1.82, 2.24) is 0 Å². The molecule has 0 aliphatic rings. The van der Waals surface area contributed by atoms with Gasteiger partial charge < -0.3 is 10.1 Å². The largest absolute Gasteiger partial charge is 0.453 e. The fraction of sp³-hybridized carbons (Fsp3) is 0.350. The van der Waals surface area contributed by atoms with Gasteiger partial charge in [-0.25, -0.2) is 4.39 Å². The number of amides is 1. The number of anilines is 1. The Hall–Kier alpha value is -2.54. The molecule has 1 atom stereocenters. The van der Waals surface area contributed by atoms with Gasteiger partial charge in [0.25, 0.3) is 5.91 Å². The Labute approximate surface area is 161 Å². The summed E-state index contributed by atoms with van der Waals surface area (Å²) >= 11 is 1.53. The van der Waals surface area contributed by atoms with E-state index < -0.39 is 23.8 Å². The van der Waals surface area contributed by atoms with Gasteiger partial charge >= 0.3 is 5.97 Å². The number of esters is 1. The summed E-state index contributed by atoms with van der Waals surface area (Å²) in [4.78, 5) is 38.1. The number of ketones is 1. The van der Waals surface area contributed by atoms with Crippen molar-refractivity contribution < 1.29 is 23.5 Å². The van der Waals surface area contributed by atoms with Gasteiger partial charge in [0.15, 0.2) is 11.9 Å². The van der Waals surface area contributed by atoms with Crippen molar-refractivity contribution in [2.45, 2.75) is 46.6 Å². The first-order valence-electron chi connectivity index (χ1n) is 8.54. The maximum Gasteiger partial charge on any atom is 0.307 e. The van der Waals surface area contributed by atoms with Gasteiger partial charge in [0, 0.05) is 27.4 Å². The SMILES string of the molecule is Cc1cc(C(=O)CCC(=O)O[C@H](C)C(=O)Nc2ccc(C)c(F)c2)c(C)s1. The second-order valence-electron chi connectivity index (χ2n) is 6.34. The summed E-state index contributed by atoms with van der Waals surface area (Å²) in [5, 5.41) is 2.49. The van der Waals surface area contributed by atoms with Crippen molar-refractivity contribution in [3.8, 4) is 0 Å². The first-order chi connectivity index (χ1) is 12.7. The van der Waals surface area contributed by atoms with Crippen molar-refractivity contribution in [3.05, 3.63) is 51.0 Å². The second-order valence-corrected chi connectivity index (χ2v) is 7.80. The Morgan fingerprint density at radius 3 is 2.44 bits per heavy atom. The zero-order valence-electron chi connectivity index (χ0n) is 15.7. The number of rotatable bonds is 7. The number of ether oxygens (including phenoxy) is 1. The molecule has 2 rings (SSSR count). The fourth-order valence-electron chi connectivity index (χ4n) is 2.48. The minimum Gasteiger partial charge on any atom is -0.453 e. The Morgan fingerprint density at radius 2 is 1.85 bits per heavy atom. The van der Waals surface area contributed by atoms with E-state index in [9.17, 15) is 18.8 Å². The Morgan fingerprint density at radius 1 is 1.15 bits per heavy atom. The summed E-state index contributed by atoms with van der Waals surface area (Å²) in [5.74, 6) is -1.76. The Kier molecular flexibility index (Phi) is 6.85. The predicted octanol–water partition coefficient (Wildman–Crippen LogP) is 4.35. The van der Waals surface area contributed by atoms with E-state index in [0.717, 1.165) is 9.75 Å². The van der Waals surface area contributed by atoms with Crippen LogP contribution in [0, 0.1) is 26.6 Å². The molecule has 1 amide bonds. The highest BCUT2D eigenvalue weighted by Gasteiger charge is 2.20. The fourth-order valence-corrected chi connectivity index (χ4v) is 3.42. The normalized spacial score (nSPS) is 11.7. The topological polar surface area (TPSA) is 72.5 Å². The van der Waals surface area contributed by atoms with Crippen LogP contribution in [0.2, 0.25) is 0 Å². The number of hydrogen-bond donors (Lipinski definition) is 1. The van der Waals surface area contributed by atoms with Gasteiger partial charge in [0.1, 0.15) is 5.82 Å². The van der Waals surface area contributed by atoms with Crippen LogP contribution in [-0.4, -0.2) is 23.8 Å². The predicted molar refractivity (Wildman–Crippen MR) is 103 cm³/mol. The molecule has 0 saturated carbocycles. The maximum absolute atomic E-state index is 13.5. The van der Waals surface area contributed by atoms with E-state index in [1.807, 2.05) is 19.9 Å². The van der Waals surface area contributed by atoms with Gasteiger partial charge in [-0.1, -0.05) is 6.07 Å². The Balaban J connectivity index is 1.83. The van der Waals surface area contributed by atoms with E-state index in [0.29, 0.717) is 11.1 Å². The van der Waals surface area contributed by atoms with E-state index in [4.69, 9.17) is 4.74 Å². The van der Waals surface area contributed by atoms with Gasteiger partial charge in [-0.2, -0.15) is 0 Å². The average Bonchev–Trinajstić information content (AvgIpc) is 2.94. The molecule has 144 valence electrons. The number of thiophene rings is 1. The highest BCUT2D eigenvalue weighted by molar-refractivity contribution is 7.12. The maximum atomic E-state index is 13.5. The molecular weight excluding hydrogens is 369 g/mol. The molecule has 27 heavy (non-hydrogen) atoms. The van der Waals surface area contributed by atoms with Crippen molar-refractivity contribution in [2.75, 3.05) is 5.32 Å². The number of carbonyl (C=O) groups is 3. The third-order valence-corrected chi connectivity index (χ3v) is 4.98. The van der Waals surface area contributed by atoms with Crippen LogP contribution < -0.4 is 5.32 Å². The number of Topliss-reactive ketones (excluding diaryl/α,β-unsaturated/α-hetero) is 1. The Bertz CT molecular complexity index is 875. The molecule has 0 bridgehead atoms. The van der Waals surface area contributed by atoms with Crippen LogP contribution in [0.3, 0.4) is 0 Å². The van der Waals surface area contributed by atoms with E-state index in [-0.39, 0.29) is 24.3 Å². The first kappa shape index (κ1) is 20.8. The van der Waals surface area contributed by atoms with Crippen molar-refractivity contribution in [2.24, 2.45) is 0 Å². The highest BCUT2D eigenvalue weighted by Crippen LogP contribution is 2.22. The summed E-state index contributed by atoms with van der Waals surface area (Å²) in [5.41, 5.74) is 1.37. The highest BCUT2D eigenvalue weighted by atomic mass is 32.1.